The topological polar surface area (TPSA) is 26.3 Å². The van der Waals surface area contributed by atoms with Gasteiger partial charge in [0.1, 0.15) is 0 Å². The molecule has 0 spiro atoms. The maximum absolute atomic E-state index is 11.7. The van der Waals surface area contributed by atoms with E-state index in [2.05, 4.69) is 19.1 Å². The Balaban J connectivity index is 2.24. The van der Waals surface area contributed by atoms with Crippen molar-refractivity contribution in [3.63, 3.8) is 0 Å². The van der Waals surface area contributed by atoms with Gasteiger partial charge in [0, 0.05) is 6.04 Å². The van der Waals surface area contributed by atoms with E-state index in [9.17, 15) is 5.21 Å². The molecule has 0 heterocycles. The van der Waals surface area contributed by atoms with E-state index in [0.717, 1.165) is 23.5 Å². The first kappa shape index (κ1) is 16.2. The molecule has 1 atom stereocenters. The van der Waals surface area contributed by atoms with Gasteiger partial charge in [0.15, 0.2) is 0 Å². The van der Waals surface area contributed by atoms with Crippen molar-refractivity contribution in [3.05, 3.63) is 41.1 Å². The molecule has 1 rings (SSSR count). The van der Waals surface area contributed by atoms with Gasteiger partial charge in [-0.25, -0.2) is 0 Å². The summed E-state index contributed by atoms with van der Waals surface area (Å²) in [6.45, 7) is 2.24. The van der Waals surface area contributed by atoms with Gasteiger partial charge in [0.25, 0.3) is 0 Å². The number of benzene rings is 1. The molecular formula is C17H28NO-. The Morgan fingerprint density at radius 1 is 0.947 bits per heavy atom. The van der Waals surface area contributed by atoms with Crippen molar-refractivity contribution < 1.29 is 0 Å². The number of nitrogens with zero attached hydrogens (tertiary/aromatic N) is 1. The van der Waals surface area contributed by atoms with Crippen molar-refractivity contribution in [1.82, 2.24) is 5.06 Å². The summed E-state index contributed by atoms with van der Waals surface area (Å²) in [6.07, 6.45) is 10.0. The Hall–Kier alpha value is -0.860. The monoisotopic (exact) mass is 262 g/mol. The number of hydroxylamine groups is 2. The fourth-order valence-corrected chi connectivity index (χ4v) is 2.53. The van der Waals surface area contributed by atoms with Crippen molar-refractivity contribution >= 4 is 0 Å². The second-order valence-electron chi connectivity index (χ2n) is 5.38. The molecule has 2 heteroatoms. The number of rotatable bonds is 10. The molecule has 0 saturated heterocycles. The quantitative estimate of drug-likeness (QED) is 0.422. The Morgan fingerprint density at radius 2 is 1.53 bits per heavy atom. The van der Waals surface area contributed by atoms with Crippen LogP contribution >= 0.6 is 0 Å². The van der Waals surface area contributed by atoms with Gasteiger partial charge in [-0.2, -0.15) is 0 Å². The van der Waals surface area contributed by atoms with Gasteiger partial charge in [-0.05, 0) is 19.0 Å². The number of hydrogen-bond donors (Lipinski definition) is 0. The minimum absolute atomic E-state index is 0.0249. The third kappa shape index (κ3) is 6.74. The van der Waals surface area contributed by atoms with Crippen LogP contribution in [-0.2, 0) is 0 Å². The van der Waals surface area contributed by atoms with Crippen LogP contribution in [0.2, 0.25) is 0 Å². The van der Waals surface area contributed by atoms with Crippen molar-refractivity contribution in [2.24, 2.45) is 0 Å². The molecule has 0 saturated carbocycles. The predicted octanol–water partition coefficient (Wildman–Crippen LogP) is 5.30. The van der Waals surface area contributed by atoms with E-state index >= 15 is 0 Å². The molecule has 1 aromatic carbocycles. The summed E-state index contributed by atoms with van der Waals surface area (Å²) >= 11 is 0. The maximum atomic E-state index is 11.7. The first-order valence-corrected chi connectivity index (χ1v) is 7.70. The van der Waals surface area contributed by atoms with E-state index in [-0.39, 0.29) is 6.04 Å². The third-order valence-electron chi connectivity index (χ3n) is 3.70. The van der Waals surface area contributed by atoms with Gasteiger partial charge in [-0.1, -0.05) is 82.2 Å². The van der Waals surface area contributed by atoms with Crippen molar-refractivity contribution in [3.8, 4) is 0 Å². The highest BCUT2D eigenvalue weighted by molar-refractivity contribution is 5.18. The zero-order chi connectivity index (χ0) is 13.9. The van der Waals surface area contributed by atoms with Gasteiger partial charge < -0.3 is 10.3 Å². The van der Waals surface area contributed by atoms with Crippen molar-refractivity contribution in [2.75, 3.05) is 7.05 Å². The molecule has 0 aliphatic carbocycles. The summed E-state index contributed by atoms with van der Waals surface area (Å²) in [4.78, 5) is 0. The summed E-state index contributed by atoms with van der Waals surface area (Å²) in [5.41, 5.74) is 1.14. The van der Waals surface area contributed by atoms with E-state index in [1.54, 1.807) is 7.05 Å². The molecule has 0 N–H and O–H groups in total. The summed E-state index contributed by atoms with van der Waals surface area (Å²) in [6, 6.07) is 10.2. The van der Waals surface area contributed by atoms with E-state index in [0.29, 0.717) is 0 Å². The van der Waals surface area contributed by atoms with E-state index < -0.39 is 0 Å². The Kier molecular flexibility index (Phi) is 8.52. The fourth-order valence-electron chi connectivity index (χ4n) is 2.53. The Bertz CT molecular complexity index is 310. The average molecular weight is 262 g/mol. The largest absolute Gasteiger partial charge is 0.785 e. The molecule has 0 amide bonds. The van der Waals surface area contributed by atoms with Gasteiger partial charge in [0.2, 0.25) is 0 Å². The molecule has 0 fully saturated rings. The Labute approximate surface area is 118 Å². The number of hydrogen-bond acceptors (Lipinski definition) is 2. The van der Waals surface area contributed by atoms with Crippen LogP contribution < -0.4 is 0 Å². The highest BCUT2D eigenvalue weighted by atomic mass is 16.5. The summed E-state index contributed by atoms with van der Waals surface area (Å²) in [7, 11) is 1.64. The lowest BCUT2D eigenvalue weighted by Gasteiger charge is -2.33. The van der Waals surface area contributed by atoms with Crippen molar-refractivity contribution in [1.29, 1.82) is 0 Å². The predicted molar refractivity (Wildman–Crippen MR) is 82.9 cm³/mol. The zero-order valence-corrected chi connectivity index (χ0v) is 12.5. The SMILES string of the molecule is CCCCCCCCCC(c1ccccc1)N(C)[O-]. The standard InChI is InChI=1S/C17H28NO/c1-3-4-5-6-7-8-12-15-17(18(2)19)16-13-10-9-11-14-16/h9-11,13-14,17H,3-8,12,15H2,1-2H3/q-1. The second kappa shape index (κ2) is 9.99. The van der Waals surface area contributed by atoms with Crippen molar-refractivity contribution in [2.45, 2.75) is 64.3 Å². The molecule has 1 unspecified atom stereocenters. The van der Waals surface area contributed by atoms with Gasteiger partial charge >= 0.3 is 0 Å². The normalized spacial score (nSPS) is 12.8. The van der Waals surface area contributed by atoms with Crippen LogP contribution in [0.5, 0.6) is 0 Å². The molecule has 0 radical (unpaired) electrons. The molecule has 0 aliphatic rings. The minimum atomic E-state index is 0.0249. The molecule has 2 nitrogen and oxygen atoms in total. The summed E-state index contributed by atoms with van der Waals surface area (Å²) in [5.74, 6) is 0. The average Bonchev–Trinajstić information content (AvgIpc) is 2.42. The minimum Gasteiger partial charge on any atom is -0.785 e. The van der Waals surface area contributed by atoms with Crippen LogP contribution in [0.15, 0.2) is 30.3 Å². The summed E-state index contributed by atoms with van der Waals surface area (Å²) in [5, 5.41) is 12.8. The molecule has 0 aliphatic heterocycles. The fraction of sp³-hybridized carbons (Fsp3) is 0.647. The molecule has 1 aromatic rings. The zero-order valence-electron chi connectivity index (χ0n) is 12.5. The second-order valence-corrected chi connectivity index (χ2v) is 5.38. The highest BCUT2D eigenvalue weighted by Crippen LogP contribution is 2.24. The lowest BCUT2D eigenvalue weighted by Crippen LogP contribution is -2.18. The smallest absolute Gasteiger partial charge is 0.0229 e. The lowest BCUT2D eigenvalue weighted by atomic mass is 9.99. The van der Waals surface area contributed by atoms with Crippen LogP contribution in [0.25, 0.3) is 0 Å². The maximum Gasteiger partial charge on any atom is 0.0229 e. The molecule has 0 aromatic heterocycles. The lowest BCUT2D eigenvalue weighted by molar-refractivity contribution is 0.310. The van der Waals surface area contributed by atoms with Crippen LogP contribution in [0.1, 0.15) is 69.9 Å². The van der Waals surface area contributed by atoms with E-state index in [4.69, 9.17) is 0 Å². The van der Waals surface area contributed by atoms with Gasteiger partial charge in [-0.15, -0.1) is 0 Å². The van der Waals surface area contributed by atoms with Crippen LogP contribution in [0.3, 0.4) is 0 Å². The van der Waals surface area contributed by atoms with Gasteiger partial charge in [-0.3, -0.25) is 0 Å². The molecule has 108 valence electrons. The first-order chi connectivity index (χ1) is 9.25. The highest BCUT2D eigenvalue weighted by Gasteiger charge is 2.09. The van der Waals surface area contributed by atoms with E-state index in [1.165, 1.54) is 38.5 Å². The molecular weight excluding hydrogens is 234 g/mol. The van der Waals surface area contributed by atoms with Crippen LogP contribution in [-0.4, -0.2) is 12.1 Å². The van der Waals surface area contributed by atoms with Gasteiger partial charge in [0.05, 0.1) is 0 Å². The van der Waals surface area contributed by atoms with Crippen LogP contribution in [0, 0.1) is 5.21 Å². The number of unbranched alkanes of at least 4 members (excludes halogenated alkanes) is 6. The first-order valence-electron chi connectivity index (χ1n) is 7.70. The molecule has 0 bridgehead atoms. The third-order valence-corrected chi connectivity index (χ3v) is 3.70. The van der Waals surface area contributed by atoms with Crippen LogP contribution in [0.4, 0.5) is 0 Å². The summed E-state index contributed by atoms with van der Waals surface area (Å²) < 4.78 is 0. The Morgan fingerprint density at radius 3 is 2.11 bits per heavy atom. The molecule has 19 heavy (non-hydrogen) atoms. The van der Waals surface area contributed by atoms with E-state index in [1.807, 2.05) is 18.2 Å².